The highest BCUT2D eigenvalue weighted by atomic mass is 79.9. The van der Waals surface area contributed by atoms with Gasteiger partial charge >= 0.3 is 11.9 Å². The third-order valence-corrected chi connectivity index (χ3v) is 2.56. The van der Waals surface area contributed by atoms with Gasteiger partial charge in [0.25, 0.3) is 0 Å². The van der Waals surface area contributed by atoms with Crippen LogP contribution in [0.25, 0.3) is 0 Å². The van der Waals surface area contributed by atoms with Gasteiger partial charge in [-0.2, -0.15) is 0 Å². The number of carbonyl (C=O) groups is 2. The lowest BCUT2D eigenvalue weighted by Gasteiger charge is -2.22. The summed E-state index contributed by atoms with van der Waals surface area (Å²) in [6.07, 6.45) is 0.562. The van der Waals surface area contributed by atoms with Crippen LogP contribution >= 0.6 is 15.9 Å². The van der Waals surface area contributed by atoms with Crippen molar-refractivity contribution in [2.75, 3.05) is 0 Å². The average molecular weight is 296 g/mol. The van der Waals surface area contributed by atoms with Crippen LogP contribution < -0.4 is 5.73 Å². The molecule has 0 aliphatic rings. The molecule has 0 aromatic heterocycles. The molecule has 0 rings (SSSR count). The number of rotatable bonds is 5. The van der Waals surface area contributed by atoms with Gasteiger partial charge < -0.3 is 15.6 Å². The van der Waals surface area contributed by atoms with Crippen LogP contribution in [0, 0.1) is 0 Å². The molecule has 6 heteroatoms. The van der Waals surface area contributed by atoms with Crippen molar-refractivity contribution < 1.29 is 19.4 Å². The van der Waals surface area contributed by atoms with Gasteiger partial charge in [0, 0.05) is 0 Å². The van der Waals surface area contributed by atoms with Gasteiger partial charge in [0.2, 0.25) is 0 Å². The number of carbonyl (C=O) groups excluding carboxylic acids is 1. The normalized spacial score (nSPS) is 15.3. The fourth-order valence-electron chi connectivity index (χ4n) is 0.945. The first-order valence-electron chi connectivity index (χ1n) is 4.99. The molecule has 0 fully saturated rings. The fraction of sp³-hybridized carbons (Fsp3) is 0.800. The molecule has 0 bridgehead atoms. The predicted octanol–water partition coefficient (Wildman–Crippen LogP) is 1.28. The molecule has 5 nitrogen and oxygen atoms in total. The number of halogens is 1. The van der Waals surface area contributed by atoms with Crippen molar-refractivity contribution in [3.63, 3.8) is 0 Å². The maximum Gasteiger partial charge on any atom is 0.323 e. The lowest BCUT2D eigenvalue weighted by molar-refractivity contribution is -0.156. The Balaban J connectivity index is 4.02. The molecule has 0 saturated heterocycles. The van der Waals surface area contributed by atoms with Gasteiger partial charge in [-0.15, -0.1) is 0 Å². The van der Waals surface area contributed by atoms with Crippen LogP contribution in [-0.2, 0) is 14.3 Å². The third-order valence-electron chi connectivity index (χ3n) is 1.71. The Morgan fingerprint density at radius 3 is 2.25 bits per heavy atom. The maximum absolute atomic E-state index is 11.4. The van der Waals surface area contributed by atoms with E-state index in [-0.39, 0.29) is 12.8 Å². The van der Waals surface area contributed by atoms with E-state index in [0.29, 0.717) is 0 Å². The summed E-state index contributed by atoms with van der Waals surface area (Å²) in [5.41, 5.74) is 5.01. The maximum atomic E-state index is 11.4. The zero-order valence-electron chi connectivity index (χ0n) is 9.70. The second-order valence-corrected chi connectivity index (χ2v) is 5.63. The summed E-state index contributed by atoms with van der Waals surface area (Å²) in [6, 6.07) is -0.779. The average Bonchev–Trinajstić information content (AvgIpc) is 2.10. The van der Waals surface area contributed by atoms with Crippen LogP contribution in [0.5, 0.6) is 0 Å². The van der Waals surface area contributed by atoms with Crippen molar-refractivity contribution in [2.24, 2.45) is 5.73 Å². The summed E-state index contributed by atoms with van der Waals surface area (Å²) >= 11 is 2.97. The zero-order valence-corrected chi connectivity index (χ0v) is 11.3. The molecule has 0 aromatic carbocycles. The molecule has 0 radical (unpaired) electrons. The number of nitrogens with two attached hydrogens (primary N) is 1. The molecule has 2 atom stereocenters. The number of alkyl halides is 1. The van der Waals surface area contributed by atoms with E-state index in [0.717, 1.165) is 0 Å². The molecular formula is C10H18BrNO4. The summed E-state index contributed by atoms with van der Waals surface area (Å²) in [5, 5.41) is 8.62. The van der Waals surface area contributed by atoms with E-state index in [1.165, 1.54) is 0 Å². The molecule has 0 aromatic rings. The van der Waals surface area contributed by atoms with Gasteiger partial charge in [0.1, 0.15) is 16.5 Å². The molecule has 0 amide bonds. The topological polar surface area (TPSA) is 89.6 Å². The van der Waals surface area contributed by atoms with Gasteiger partial charge in [-0.1, -0.05) is 15.9 Å². The van der Waals surface area contributed by atoms with Gasteiger partial charge in [-0.05, 0) is 33.6 Å². The largest absolute Gasteiger partial charge is 0.480 e. The third kappa shape index (κ3) is 6.79. The van der Waals surface area contributed by atoms with Crippen LogP contribution in [-0.4, -0.2) is 33.5 Å². The standard InChI is InChI=1S/C10H18BrNO4/c1-10(2,3)16-9(15)7(12)5-4-6(11)8(13)14/h6-7H,4-5,12H2,1-3H3,(H,13,14). The van der Waals surface area contributed by atoms with E-state index in [4.69, 9.17) is 15.6 Å². The molecule has 0 aliphatic carbocycles. The second-order valence-electron chi connectivity index (χ2n) is 4.52. The number of carboxylic acid groups (broad SMARTS) is 1. The SMILES string of the molecule is CC(C)(C)OC(=O)C(N)CCC(Br)C(=O)O. The van der Waals surface area contributed by atoms with Crippen LogP contribution in [0.2, 0.25) is 0 Å². The van der Waals surface area contributed by atoms with Crippen molar-refractivity contribution in [1.29, 1.82) is 0 Å². The van der Waals surface area contributed by atoms with Crippen LogP contribution in [0.3, 0.4) is 0 Å². The van der Waals surface area contributed by atoms with Crippen LogP contribution in [0.4, 0.5) is 0 Å². The minimum Gasteiger partial charge on any atom is -0.480 e. The van der Waals surface area contributed by atoms with E-state index in [2.05, 4.69) is 15.9 Å². The number of carboxylic acids is 1. The molecule has 0 heterocycles. The number of hydrogen-bond donors (Lipinski definition) is 2. The molecule has 16 heavy (non-hydrogen) atoms. The van der Waals surface area contributed by atoms with Gasteiger partial charge in [-0.3, -0.25) is 9.59 Å². The quantitative estimate of drug-likeness (QED) is 0.589. The first kappa shape index (κ1) is 15.4. The zero-order chi connectivity index (χ0) is 12.9. The first-order valence-corrected chi connectivity index (χ1v) is 5.90. The molecular weight excluding hydrogens is 278 g/mol. The van der Waals surface area contributed by atoms with Gasteiger partial charge in [0.15, 0.2) is 0 Å². The Morgan fingerprint density at radius 2 is 1.88 bits per heavy atom. The second kappa shape index (κ2) is 6.20. The Bertz CT molecular complexity index is 262. The first-order chi connectivity index (χ1) is 7.13. The molecule has 0 saturated carbocycles. The Hall–Kier alpha value is -0.620. The molecule has 3 N–H and O–H groups in total. The summed E-state index contributed by atoms with van der Waals surface area (Å²) in [4.78, 5) is 21.3. The summed E-state index contributed by atoms with van der Waals surface area (Å²) in [7, 11) is 0. The van der Waals surface area contributed by atoms with E-state index in [1.54, 1.807) is 20.8 Å². The number of aliphatic carboxylic acids is 1. The van der Waals surface area contributed by atoms with Crippen molar-refractivity contribution in [2.45, 2.75) is 50.1 Å². The van der Waals surface area contributed by atoms with E-state index < -0.39 is 28.4 Å². The Kier molecular flexibility index (Phi) is 5.96. The summed E-state index contributed by atoms with van der Waals surface area (Å²) in [6.45, 7) is 5.26. The van der Waals surface area contributed by atoms with E-state index >= 15 is 0 Å². The van der Waals surface area contributed by atoms with Gasteiger partial charge in [-0.25, -0.2) is 0 Å². The minimum absolute atomic E-state index is 0.275. The van der Waals surface area contributed by atoms with Crippen LogP contribution in [0.15, 0.2) is 0 Å². The van der Waals surface area contributed by atoms with Crippen molar-refractivity contribution >= 4 is 27.9 Å². The summed E-state index contributed by atoms with van der Waals surface area (Å²) < 4.78 is 5.07. The number of ether oxygens (including phenoxy) is 1. The smallest absolute Gasteiger partial charge is 0.323 e. The highest BCUT2D eigenvalue weighted by molar-refractivity contribution is 9.10. The van der Waals surface area contributed by atoms with Crippen molar-refractivity contribution in [3.8, 4) is 0 Å². The molecule has 94 valence electrons. The highest BCUT2D eigenvalue weighted by Gasteiger charge is 2.23. The van der Waals surface area contributed by atoms with Gasteiger partial charge in [0.05, 0.1) is 0 Å². The van der Waals surface area contributed by atoms with Crippen molar-refractivity contribution in [1.82, 2.24) is 0 Å². The van der Waals surface area contributed by atoms with Crippen LogP contribution in [0.1, 0.15) is 33.6 Å². The number of hydrogen-bond acceptors (Lipinski definition) is 4. The highest BCUT2D eigenvalue weighted by Crippen LogP contribution is 2.13. The minimum atomic E-state index is -0.962. The van der Waals surface area contributed by atoms with E-state index in [9.17, 15) is 9.59 Å². The Morgan fingerprint density at radius 1 is 1.38 bits per heavy atom. The number of esters is 1. The summed E-state index contributed by atoms with van der Waals surface area (Å²) in [5.74, 6) is -1.46. The predicted molar refractivity (Wildman–Crippen MR) is 63.4 cm³/mol. The Labute approximate surface area is 103 Å². The molecule has 0 spiro atoms. The lowest BCUT2D eigenvalue weighted by atomic mass is 10.1. The fourth-order valence-corrected chi connectivity index (χ4v) is 1.21. The lowest BCUT2D eigenvalue weighted by Crippen LogP contribution is -2.38. The molecule has 2 unspecified atom stereocenters. The van der Waals surface area contributed by atoms with E-state index in [1.807, 2.05) is 0 Å². The molecule has 0 aliphatic heterocycles. The van der Waals surface area contributed by atoms with Crippen molar-refractivity contribution in [3.05, 3.63) is 0 Å². The monoisotopic (exact) mass is 295 g/mol.